The number of carbonyl (C=O) groups is 4. The third-order valence-corrected chi connectivity index (χ3v) is 5.76. The summed E-state index contributed by atoms with van der Waals surface area (Å²) in [7, 11) is 2.25. The molecule has 0 spiro atoms. The largest absolute Gasteiger partial charge is 0.465 e. The Balaban J connectivity index is 1.65. The lowest BCUT2D eigenvalue weighted by atomic mass is 9.92. The zero-order valence-electron chi connectivity index (χ0n) is 20.8. The maximum Gasteiger partial charge on any atom is 0.416 e. The summed E-state index contributed by atoms with van der Waals surface area (Å²) in [4.78, 5) is 69.1. The number of methoxy groups -OCH3 is 2. The smallest absolute Gasteiger partial charge is 0.416 e. The van der Waals surface area contributed by atoms with Gasteiger partial charge in [-0.2, -0.15) is 18.2 Å². The number of aromatic nitrogens is 2. The van der Waals surface area contributed by atoms with Crippen LogP contribution in [-0.4, -0.2) is 47.9 Å². The molecule has 0 fully saturated rings. The highest BCUT2D eigenvalue weighted by Gasteiger charge is 2.35. The van der Waals surface area contributed by atoms with E-state index in [0.29, 0.717) is 0 Å². The van der Waals surface area contributed by atoms with Gasteiger partial charge in [-0.25, -0.2) is 9.59 Å². The van der Waals surface area contributed by atoms with Gasteiger partial charge in [0.05, 0.1) is 42.4 Å². The number of hydrogen-bond acceptors (Lipinski definition) is 9. The van der Waals surface area contributed by atoms with Crippen molar-refractivity contribution in [1.82, 2.24) is 9.97 Å². The number of aromatic amines is 1. The standard InChI is InChI=1S/C25H20F3N5O7/c1-39-22(37)11-6-12(23(38)40-2)8-15(7-11)29-20(35)16-10-17(34)31-19-18(16)21(36)33-24(32-19)30-14-5-3-4-13(9-14)25(26,27)28/h3-9,16H,10H2,1-2H3,(H,29,35)(H3,30,31,32,33,34,36)/t16-/m0/s1. The predicted molar refractivity (Wildman–Crippen MR) is 133 cm³/mol. The summed E-state index contributed by atoms with van der Waals surface area (Å²) in [5.41, 5.74) is -2.19. The van der Waals surface area contributed by atoms with Crippen LogP contribution in [0.2, 0.25) is 0 Å². The van der Waals surface area contributed by atoms with Crippen molar-refractivity contribution in [1.29, 1.82) is 0 Å². The average Bonchev–Trinajstić information content (AvgIpc) is 2.90. The molecule has 1 aromatic heterocycles. The zero-order valence-corrected chi connectivity index (χ0v) is 20.8. The van der Waals surface area contributed by atoms with Crippen molar-refractivity contribution in [2.45, 2.75) is 18.5 Å². The second kappa shape index (κ2) is 10.9. The molecule has 0 saturated carbocycles. The van der Waals surface area contributed by atoms with Crippen LogP contribution in [-0.2, 0) is 25.2 Å². The van der Waals surface area contributed by atoms with Crippen molar-refractivity contribution < 1.29 is 41.8 Å². The van der Waals surface area contributed by atoms with Crippen LogP contribution in [0.25, 0.3) is 0 Å². The van der Waals surface area contributed by atoms with Crippen molar-refractivity contribution in [3.8, 4) is 0 Å². The molecule has 3 aromatic rings. The van der Waals surface area contributed by atoms with Crippen molar-refractivity contribution in [3.05, 3.63) is 75.1 Å². The predicted octanol–water partition coefficient (Wildman–Crippen LogP) is 3.17. The fourth-order valence-electron chi connectivity index (χ4n) is 3.97. The number of nitrogens with zero attached hydrogens (tertiary/aromatic N) is 1. The molecular weight excluding hydrogens is 539 g/mol. The summed E-state index contributed by atoms with van der Waals surface area (Å²) in [6, 6.07) is 7.80. The first-order chi connectivity index (χ1) is 18.9. The third kappa shape index (κ3) is 5.92. The molecule has 1 aliphatic rings. The van der Waals surface area contributed by atoms with Crippen LogP contribution in [0.15, 0.2) is 47.3 Å². The van der Waals surface area contributed by atoms with E-state index >= 15 is 0 Å². The van der Waals surface area contributed by atoms with E-state index in [0.717, 1.165) is 32.4 Å². The van der Waals surface area contributed by atoms with Gasteiger partial charge in [-0.3, -0.25) is 19.4 Å². The van der Waals surface area contributed by atoms with Crippen molar-refractivity contribution in [2.24, 2.45) is 0 Å². The van der Waals surface area contributed by atoms with Gasteiger partial charge >= 0.3 is 18.1 Å². The lowest BCUT2D eigenvalue weighted by molar-refractivity contribution is -0.137. The van der Waals surface area contributed by atoms with E-state index in [9.17, 15) is 37.1 Å². The topological polar surface area (TPSA) is 169 Å². The first kappa shape index (κ1) is 27.8. The van der Waals surface area contributed by atoms with Crippen molar-refractivity contribution in [3.63, 3.8) is 0 Å². The van der Waals surface area contributed by atoms with Crippen LogP contribution in [0, 0.1) is 0 Å². The van der Waals surface area contributed by atoms with E-state index in [2.05, 4.69) is 35.4 Å². The number of carbonyl (C=O) groups excluding carboxylic acids is 4. The number of esters is 2. The highest BCUT2D eigenvalue weighted by molar-refractivity contribution is 6.05. The molecule has 2 heterocycles. The maximum absolute atomic E-state index is 13.2. The molecule has 2 aromatic carbocycles. The fraction of sp³-hybridized carbons (Fsp3) is 0.200. The number of amides is 2. The molecule has 1 atom stereocenters. The van der Waals surface area contributed by atoms with Crippen LogP contribution in [0.3, 0.4) is 0 Å². The van der Waals surface area contributed by atoms with E-state index in [1.165, 1.54) is 24.3 Å². The van der Waals surface area contributed by atoms with Gasteiger partial charge in [0.15, 0.2) is 0 Å². The second-order valence-corrected chi connectivity index (χ2v) is 8.46. The van der Waals surface area contributed by atoms with E-state index < -0.39 is 53.4 Å². The number of rotatable bonds is 6. The van der Waals surface area contributed by atoms with Crippen molar-refractivity contribution >= 4 is 46.9 Å². The summed E-state index contributed by atoms with van der Waals surface area (Å²) in [5, 5.41) is 7.40. The summed E-state index contributed by atoms with van der Waals surface area (Å²) in [6.45, 7) is 0. The van der Waals surface area contributed by atoms with Crippen LogP contribution >= 0.6 is 0 Å². The van der Waals surface area contributed by atoms with Crippen LogP contribution < -0.4 is 21.5 Å². The molecule has 4 N–H and O–H groups in total. The average molecular weight is 559 g/mol. The molecule has 12 nitrogen and oxygen atoms in total. The number of alkyl halides is 3. The number of benzene rings is 2. The number of H-pyrrole nitrogens is 1. The highest BCUT2D eigenvalue weighted by atomic mass is 19.4. The van der Waals surface area contributed by atoms with Gasteiger partial charge < -0.3 is 25.4 Å². The minimum atomic E-state index is -4.60. The molecule has 0 radical (unpaired) electrons. The van der Waals surface area contributed by atoms with E-state index in [1.54, 1.807) is 0 Å². The number of ether oxygens (including phenoxy) is 2. The van der Waals surface area contributed by atoms with E-state index in [1.807, 2.05) is 0 Å². The normalized spacial score (nSPS) is 14.4. The Labute approximate surface area is 222 Å². The number of hydrogen-bond donors (Lipinski definition) is 4. The molecule has 0 aliphatic carbocycles. The first-order valence-corrected chi connectivity index (χ1v) is 11.4. The Bertz CT molecular complexity index is 1550. The van der Waals surface area contributed by atoms with E-state index in [-0.39, 0.29) is 39.8 Å². The van der Waals surface area contributed by atoms with Gasteiger partial charge in [-0.15, -0.1) is 0 Å². The van der Waals surface area contributed by atoms with Crippen molar-refractivity contribution in [2.75, 3.05) is 30.2 Å². The molecule has 2 amide bonds. The first-order valence-electron chi connectivity index (χ1n) is 11.4. The molecule has 0 unspecified atom stereocenters. The zero-order chi connectivity index (χ0) is 29.2. The van der Waals surface area contributed by atoms with Gasteiger partial charge in [0.25, 0.3) is 5.56 Å². The van der Waals surface area contributed by atoms with Crippen LogP contribution in [0.5, 0.6) is 0 Å². The molecule has 0 bridgehead atoms. The maximum atomic E-state index is 13.2. The van der Waals surface area contributed by atoms with Gasteiger partial charge in [0.2, 0.25) is 17.8 Å². The summed E-state index contributed by atoms with van der Waals surface area (Å²) >= 11 is 0. The molecule has 15 heteroatoms. The lowest BCUT2D eigenvalue weighted by Crippen LogP contribution is -2.36. The third-order valence-electron chi connectivity index (χ3n) is 5.76. The van der Waals surface area contributed by atoms with Gasteiger partial charge in [-0.05, 0) is 36.4 Å². The van der Waals surface area contributed by atoms with E-state index in [4.69, 9.17) is 0 Å². The molecule has 1 aliphatic heterocycles. The Morgan fingerprint density at radius 3 is 2.23 bits per heavy atom. The van der Waals surface area contributed by atoms with Gasteiger partial charge in [-0.1, -0.05) is 6.07 Å². The monoisotopic (exact) mass is 559 g/mol. The number of anilines is 4. The molecule has 4 rings (SSSR count). The Hall–Kier alpha value is -5.21. The van der Waals surface area contributed by atoms with Crippen LogP contribution in [0.4, 0.5) is 36.3 Å². The van der Waals surface area contributed by atoms with Gasteiger partial charge in [0.1, 0.15) is 5.82 Å². The Morgan fingerprint density at radius 1 is 0.975 bits per heavy atom. The summed E-state index contributed by atoms with van der Waals surface area (Å²) in [6.07, 6.45) is -5.04. The Morgan fingerprint density at radius 2 is 1.62 bits per heavy atom. The number of nitrogens with one attached hydrogen (secondary N) is 4. The van der Waals surface area contributed by atoms with Crippen LogP contribution in [0.1, 0.15) is 44.2 Å². The number of fused-ring (bicyclic) bond motifs is 1. The molecule has 208 valence electrons. The minimum Gasteiger partial charge on any atom is -0.465 e. The number of halogens is 3. The SMILES string of the molecule is COC(=O)c1cc(NC(=O)[C@H]2CC(=O)Nc3nc(Nc4cccc(C(F)(F)F)c4)[nH]c(=O)c32)cc(C(=O)OC)c1. The van der Waals surface area contributed by atoms with Gasteiger partial charge in [0, 0.05) is 17.8 Å². The summed E-state index contributed by atoms with van der Waals surface area (Å²) < 4.78 is 48.4. The quantitative estimate of drug-likeness (QED) is 0.332. The second-order valence-electron chi connectivity index (χ2n) is 8.46. The lowest BCUT2D eigenvalue weighted by Gasteiger charge is -2.24. The molecule has 0 saturated heterocycles. The summed E-state index contributed by atoms with van der Waals surface area (Å²) in [5.74, 6) is -4.98. The highest BCUT2D eigenvalue weighted by Crippen LogP contribution is 2.33. The fourth-order valence-corrected chi connectivity index (χ4v) is 3.97. The Kier molecular flexibility index (Phi) is 7.56. The minimum absolute atomic E-state index is 0.0203. The molecular formula is C25H20F3N5O7. The molecule has 40 heavy (non-hydrogen) atoms.